The number of aromatic nitrogens is 2. The number of halogens is 5. The molecule has 4 rings (SSSR count). The molecule has 0 atom stereocenters. The lowest BCUT2D eigenvalue weighted by atomic mass is 10.2. The molecule has 0 bridgehead atoms. The zero-order chi connectivity index (χ0) is 25.0. The number of hydrogen-bond acceptors (Lipinski definition) is 6. The van der Waals surface area contributed by atoms with Gasteiger partial charge in [-0.25, -0.2) is 14.4 Å². The Balaban J connectivity index is 1.33. The number of anilines is 3. The zero-order valence-electron chi connectivity index (χ0n) is 18.2. The highest BCUT2D eigenvalue weighted by Gasteiger charge is 2.31. The van der Waals surface area contributed by atoms with Crippen molar-refractivity contribution in [2.24, 2.45) is 0 Å². The van der Waals surface area contributed by atoms with Crippen molar-refractivity contribution in [1.82, 2.24) is 9.97 Å². The van der Waals surface area contributed by atoms with Gasteiger partial charge in [0.2, 0.25) is 5.91 Å². The van der Waals surface area contributed by atoms with Gasteiger partial charge in [0.05, 0.1) is 27.7 Å². The van der Waals surface area contributed by atoms with Crippen LogP contribution in [0.1, 0.15) is 5.56 Å². The van der Waals surface area contributed by atoms with Gasteiger partial charge in [-0.1, -0.05) is 35.5 Å². The van der Waals surface area contributed by atoms with Crippen molar-refractivity contribution in [3.8, 4) is 0 Å². The van der Waals surface area contributed by atoms with Crippen molar-refractivity contribution in [3.63, 3.8) is 0 Å². The summed E-state index contributed by atoms with van der Waals surface area (Å²) in [5.74, 6) is -0.178. The van der Waals surface area contributed by atoms with Gasteiger partial charge in [-0.3, -0.25) is 4.79 Å². The maximum Gasteiger partial charge on any atom is 0.416 e. The molecule has 35 heavy (non-hydrogen) atoms. The van der Waals surface area contributed by atoms with Crippen molar-refractivity contribution < 1.29 is 22.4 Å². The molecule has 0 saturated carbocycles. The Bertz CT molecular complexity index is 1200. The van der Waals surface area contributed by atoms with Crippen LogP contribution >= 0.6 is 23.4 Å². The molecular formula is C23H20ClF4N5OS. The number of nitrogens with one attached hydrogen (secondary N) is 1. The Morgan fingerprint density at radius 3 is 2.46 bits per heavy atom. The Morgan fingerprint density at radius 2 is 1.74 bits per heavy atom. The average Bonchev–Trinajstić information content (AvgIpc) is 2.84. The van der Waals surface area contributed by atoms with Crippen molar-refractivity contribution in [2.75, 3.05) is 47.0 Å². The molecule has 184 valence electrons. The van der Waals surface area contributed by atoms with E-state index in [2.05, 4.69) is 15.3 Å². The lowest BCUT2D eigenvalue weighted by molar-refractivity contribution is -0.137. The van der Waals surface area contributed by atoms with Crippen LogP contribution in [0.15, 0.2) is 59.9 Å². The number of amides is 1. The fourth-order valence-electron chi connectivity index (χ4n) is 3.59. The average molecular weight is 526 g/mol. The highest BCUT2D eigenvalue weighted by Crippen LogP contribution is 2.34. The number of carbonyl (C=O) groups is 1. The van der Waals surface area contributed by atoms with Gasteiger partial charge in [-0.05, 0) is 30.3 Å². The summed E-state index contributed by atoms with van der Waals surface area (Å²) in [5.41, 5.74) is -0.443. The van der Waals surface area contributed by atoms with Crippen LogP contribution in [0.2, 0.25) is 5.02 Å². The first kappa shape index (κ1) is 25.1. The van der Waals surface area contributed by atoms with E-state index >= 15 is 0 Å². The molecule has 6 nitrogen and oxygen atoms in total. The fraction of sp³-hybridized carbons (Fsp3) is 0.261. The van der Waals surface area contributed by atoms with Gasteiger partial charge in [0, 0.05) is 32.2 Å². The molecule has 2 aromatic carbocycles. The van der Waals surface area contributed by atoms with Gasteiger partial charge < -0.3 is 15.1 Å². The van der Waals surface area contributed by atoms with E-state index < -0.39 is 17.6 Å². The fourth-order valence-corrected chi connectivity index (χ4v) is 4.42. The van der Waals surface area contributed by atoms with Gasteiger partial charge in [-0.2, -0.15) is 13.2 Å². The molecule has 0 aliphatic carbocycles. The van der Waals surface area contributed by atoms with Crippen LogP contribution in [0.4, 0.5) is 34.8 Å². The quantitative estimate of drug-likeness (QED) is 0.266. The first-order valence-electron chi connectivity index (χ1n) is 10.6. The SMILES string of the molecule is O=C(CSc1cc(N2CCN(c3ccccc3F)CC2)ncn1)Nc1cc(C(F)(F)F)ccc1Cl. The Kier molecular flexibility index (Phi) is 7.66. The zero-order valence-corrected chi connectivity index (χ0v) is 19.8. The number of benzene rings is 2. The standard InChI is InChI=1S/C23H20ClF4N5OS/c24-16-6-5-15(23(26,27)28)11-18(16)31-21(34)13-35-22-12-20(29-14-30-22)33-9-7-32(8-10-33)19-4-2-1-3-17(19)25/h1-6,11-12,14H,7-10,13H2,(H,31,34). The summed E-state index contributed by atoms with van der Waals surface area (Å²) in [6.07, 6.45) is -3.15. The van der Waals surface area contributed by atoms with Crippen molar-refractivity contribution >= 4 is 46.5 Å². The molecule has 0 radical (unpaired) electrons. The molecule has 1 fully saturated rings. The maximum atomic E-state index is 14.1. The van der Waals surface area contributed by atoms with Crippen LogP contribution in [0.3, 0.4) is 0 Å². The van der Waals surface area contributed by atoms with Crippen molar-refractivity contribution in [3.05, 3.63) is 71.3 Å². The number of hydrogen-bond donors (Lipinski definition) is 1. The van der Waals surface area contributed by atoms with Gasteiger partial charge in [0.1, 0.15) is 23.0 Å². The predicted octanol–water partition coefficient (Wildman–Crippen LogP) is 5.35. The molecular weight excluding hydrogens is 506 g/mol. The molecule has 1 saturated heterocycles. The summed E-state index contributed by atoms with van der Waals surface area (Å²) in [7, 11) is 0. The molecule has 2 heterocycles. The van der Waals surface area contributed by atoms with E-state index in [1.807, 2.05) is 9.80 Å². The van der Waals surface area contributed by atoms with Crippen LogP contribution in [0.5, 0.6) is 0 Å². The van der Waals surface area contributed by atoms with Crippen molar-refractivity contribution in [1.29, 1.82) is 0 Å². The van der Waals surface area contributed by atoms with E-state index in [1.165, 1.54) is 12.4 Å². The molecule has 1 N–H and O–H groups in total. The molecule has 3 aromatic rings. The normalized spacial score (nSPS) is 14.2. The number of nitrogens with zero attached hydrogens (tertiary/aromatic N) is 4. The first-order valence-corrected chi connectivity index (χ1v) is 11.9. The summed E-state index contributed by atoms with van der Waals surface area (Å²) in [6.45, 7) is 2.50. The molecule has 1 aliphatic heterocycles. The molecule has 1 aromatic heterocycles. The number of thioether (sulfide) groups is 1. The predicted molar refractivity (Wildman–Crippen MR) is 129 cm³/mol. The number of rotatable bonds is 6. The summed E-state index contributed by atoms with van der Waals surface area (Å²) in [4.78, 5) is 24.8. The Labute approximate surface area is 208 Å². The second kappa shape index (κ2) is 10.7. The third-order valence-electron chi connectivity index (χ3n) is 5.34. The smallest absolute Gasteiger partial charge is 0.366 e. The number of alkyl halides is 3. The summed E-state index contributed by atoms with van der Waals surface area (Å²) < 4.78 is 52.8. The number of piperazine rings is 1. The van der Waals surface area contributed by atoms with Gasteiger partial charge in [-0.15, -0.1) is 0 Å². The van der Waals surface area contributed by atoms with Crippen LogP contribution in [-0.4, -0.2) is 47.8 Å². The van der Waals surface area contributed by atoms with E-state index in [9.17, 15) is 22.4 Å². The van der Waals surface area contributed by atoms with Crippen LogP contribution < -0.4 is 15.1 Å². The summed E-state index contributed by atoms with van der Waals surface area (Å²) >= 11 is 7.06. The highest BCUT2D eigenvalue weighted by atomic mass is 35.5. The Morgan fingerprint density at radius 1 is 1.03 bits per heavy atom. The lowest BCUT2D eigenvalue weighted by Gasteiger charge is -2.36. The summed E-state index contributed by atoms with van der Waals surface area (Å²) in [5, 5.41) is 2.96. The van der Waals surface area contributed by atoms with E-state index in [0.29, 0.717) is 42.7 Å². The second-order valence-electron chi connectivity index (χ2n) is 7.67. The highest BCUT2D eigenvalue weighted by molar-refractivity contribution is 7.99. The van der Waals surface area contributed by atoms with Gasteiger partial charge in [0.25, 0.3) is 0 Å². The monoisotopic (exact) mass is 525 g/mol. The van der Waals surface area contributed by atoms with E-state index in [1.54, 1.807) is 24.3 Å². The third-order valence-corrected chi connectivity index (χ3v) is 6.60. The van der Waals surface area contributed by atoms with E-state index in [4.69, 9.17) is 11.6 Å². The van der Waals surface area contributed by atoms with E-state index in [-0.39, 0.29) is 22.3 Å². The first-order chi connectivity index (χ1) is 16.7. The summed E-state index contributed by atoms with van der Waals surface area (Å²) in [6, 6.07) is 11.1. The number of para-hydroxylation sites is 1. The van der Waals surface area contributed by atoms with E-state index in [0.717, 1.165) is 30.0 Å². The Hall–Kier alpha value is -3.05. The maximum absolute atomic E-state index is 14.1. The third kappa shape index (κ3) is 6.34. The van der Waals surface area contributed by atoms with Crippen LogP contribution in [0, 0.1) is 5.82 Å². The molecule has 0 unspecified atom stereocenters. The molecule has 1 aliphatic rings. The van der Waals surface area contributed by atoms with Crippen molar-refractivity contribution in [2.45, 2.75) is 11.2 Å². The van der Waals surface area contributed by atoms with Crippen LogP contribution in [0.25, 0.3) is 0 Å². The van der Waals surface area contributed by atoms with Gasteiger partial charge >= 0.3 is 6.18 Å². The van der Waals surface area contributed by atoms with Crippen LogP contribution in [-0.2, 0) is 11.0 Å². The molecule has 12 heteroatoms. The number of carbonyl (C=O) groups excluding carboxylic acids is 1. The molecule has 1 amide bonds. The minimum absolute atomic E-state index is 0.00944. The largest absolute Gasteiger partial charge is 0.416 e. The minimum Gasteiger partial charge on any atom is -0.366 e. The topological polar surface area (TPSA) is 61.4 Å². The lowest BCUT2D eigenvalue weighted by Crippen LogP contribution is -2.47. The minimum atomic E-state index is -4.54. The van der Waals surface area contributed by atoms with Gasteiger partial charge in [0.15, 0.2) is 0 Å². The molecule has 0 spiro atoms. The second-order valence-corrected chi connectivity index (χ2v) is 9.07.